The predicted molar refractivity (Wildman–Crippen MR) is 95.0 cm³/mol. The summed E-state index contributed by atoms with van der Waals surface area (Å²) < 4.78 is 5.16. The van der Waals surface area contributed by atoms with Gasteiger partial charge in [-0.1, -0.05) is 6.07 Å². The molecule has 3 rings (SSSR count). The Balaban J connectivity index is 1.62. The van der Waals surface area contributed by atoms with Crippen LogP contribution in [-0.4, -0.2) is 64.7 Å². The number of likely N-dealkylation sites (tertiary alicyclic amines) is 2. The minimum Gasteiger partial charge on any atom is -0.504 e. The third-order valence-corrected chi connectivity index (χ3v) is 5.76. The molecular weight excluding hydrogens is 336 g/mol. The van der Waals surface area contributed by atoms with Crippen LogP contribution < -0.4 is 4.74 Å². The van der Waals surface area contributed by atoms with Gasteiger partial charge >= 0.3 is 5.97 Å². The van der Waals surface area contributed by atoms with E-state index < -0.39 is 12.0 Å². The second-order valence-corrected chi connectivity index (χ2v) is 7.49. The fraction of sp³-hybridized carbons (Fsp3) is 0.579. The number of piperidine rings is 1. The summed E-state index contributed by atoms with van der Waals surface area (Å²) in [4.78, 5) is 27.1. The highest BCUT2D eigenvalue weighted by Gasteiger charge is 2.48. The summed E-state index contributed by atoms with van der Waals surface area (Å²) in [5.41, 5.74) is 0.980. The van der Waals surface area contributed by atoms with Crippen LogP contribution in [0.2, 0.25) is 0 Å². The molecule has 2 heterocycles. The quantitative estimate of drug-likeness (QED) is 0.847. The molecule has 0 aromatic heterocycles. The lowest BCUT2D eigenvalue weighted by molar-refractivity contribution is -0.147. The molecule has 1 unspecified atom stereocenters. The predicted octanol–water partition coefficient (Wildman–Crippen LogP) is 1.69. The molecule has 1 spiro atoms. The number of phenolic OH excluding ortho intramolecular Hbond substituents is 1. The van der Waals surface area contributed by atoms with Gasteiger partial charge in [-0.3, -0.25) is 9.69 Å². The zero-order valence-electron chi connectivity index (χ0n) is 15.3. The zero-order chi connectivity index (χ0) is 18.9. The van der Waals surface area contributed by atoms with Gasteiger partial charge in [-0.25, -0.2) is 4.79 Å². The summed E-state index contributed by atoms with van der Waals surface area (Å²) in [5, 5.41) is 19.1. The molecule has 0 bridgehead atoms. The van der Waals surface area contributed by atoms with Crippen LogP contribution in [0.15, 0.2) is 18.2 Å². The van der Waals surface area contributed by atoms with Crippen LogP contribution in [0.1, 0.15) is 31.7 Å². The number of aromatic hydroxyl groups is 1. The zero-order valence-corrected chi connectivity index (χ0v) is 15.3. The van der Waals surface area contributed by atoms with Crippen molar-refractivity contribution in [1.82, 2.24) is 9.80 Å². The summed E-state index contributed by atoms with van der Waals surface area (Å²) in [7, 11) is 1.53. The van der Waals surface area contributed by atoms with E-state index in [1.54, 1.807) is 6.07 Å². The van der Waals surface area contributed by atoms with Gasteiger partial charge in [0.1, 0.15) is 6.04 Å². The van der Waals surface area contributed by atoms with E-state index >= 15 is 0 Å². The van der Waals surface area contributed by atoms with E-state index in [4.69, 9.17) is 4.74 Å². The van der Waals surface area contributed by atoms with Gasteiger partial charge in [0.2, 0.25) is 5.91 Å². The van der Waals surface area contributed by atoms with Crippen LogP contribution in [0, 0.1) is 5.41 Å². The minimum atomic E-state index is -0.907. The Bertz CT molecular complexity index is 673. The fourth-order valence-corrected chi connectivity index (χ4v) is 4.23. The van der Waals surface area contributed by atoms with Crippen molar-refractivity contribution in [2.24, 2.45) is 5.41 Å². The number of carboxylic acid groups (broad SMARTS) is 1. The number of benzene rings is 1. The number of nitrogens with zero attached hydrogens (tertiary/aromatic N) is 2. The highest BCUT2D eigenvalue weighted by molar-refractivity contribution is 5.83. The first kappa shape index (κ1) is 18.5. The molecule has 1 amide bonds. The van der Waals surface area contributed by atoms with E-state index in [0.717, 1.165) is 38.0 Å². The van der Waals surface area contributed by atoms with E-state index in [2.05, 4.69) is 4.90 Å². The van der Waals surface area contributed by atoms with Crippen molar-refractivity contribution in [3.05, 3.63) is 23.8 Å². The second kappa shape index (κ2) is 7.15. The van der Waals surface area contributed by atoms with Gasteiger partial charge in [0, 0.05) is 20.0 Å². The van der Waals surface area contributed by atoms with Gasteiger partial charge in [0.05, 0.1) is 7.11 Å². The Kier molecular flexibility index (Phi) is 5.09. The van der Waals surface area contributed by atoms with Crippen LogP contribution in [0.5, 0.6) is 11.5 Å². The van der Waals surface area contributed by atoms with E-state index in [1.807, 2.05) is 12.1 Å². The van der Waals surface area contributed by atoms with Crippen molar-refractivity contribution in [3.8, 4) is 11.5 Å². The molecule has 0 radical (unpaired) electrons. The highest BCUT2D eigenvalue weighted by Crippen LogP contribution is 2.43. The molecule has 0 saturated carbocycles. The average molecular weight is 362 g/mol. The Hall–Kier alpha value is -2.28. The van der Waals surface area contributed by atoms with Crippen molar-refractivity contribution in [2.45, 2.75) is 38.8 Å². The van der Waals surface area contributed by atoms with Gasteiger partial charge in [-0.05, 0) is 55.5 Å². The summed E-state index contributed by atoms with van der Waals surface area (Å²) in [6.45, 7) is 4.47. The maximum atomic E-state index is 11.8. The monoisotopic (exact) mass is 362 g/mol. The Morgan fingerprint density at radius 1 is 1.31 bits per heavy atom. The number of carboxylic acids is 1. The molecule has 1 aromatic carbocycles. The molecule has 2 saturated heterocycles. The first-order valence-electron chi connectivity index (χ1n) is 8.92. The van der Waals surface area contributed by atoms with Gasteiger partial charge < -0.3 is 19.8 Å². The van der Waals surface area contributed by atoms with Crippen molar-refractivity contribution in [1.29, 1.82) is 0 Å². The SMILES string of the molecule is COc1cc(CN2CCC3(CC2)CC(C(=O)O)N(C(C)=O)C3)ccc1O. The molecule has 7 heteroatoms. The van der Waals surface area contributed by atoms with E-state index in [1.165, 1.54) is 18.9 Å². The van der Waals surface area contributed by atoms with Gasteiger partial charge in [0.25, 0.3) is 0 Å². The Morgan fingerprint density at radius 3 is 2.54 bits per heavy atom. The van der Waals surface area contributed by atoms with E-state index in [9.17, 15) is 19.8 Å². The van der Waals surface area contributed by atoms with Crippen LogP contribution in [0.25, 0.3) is 0 Å². The molecule has 2 aliphatic heterocycles. The molecule has 1 atom stereocenters. The lowest BCUT2D eigenvalue weighted by Gasteiger charge is -2.39. The minimum absolute atomic E-state index is 0.0854. The molecule has 0 aliphatic carbocycles. The number of hydrogen-bond donors (Lipinski definition) is 2. The summed E-state index contributed by atoms with van der Waals surface area (Å²) in [5.74, 6) is -0.472. The van der Waals surface area contributed by atoms with Crippen molar-refractivity contribution in [2.75, 3.05) is 26.7 Å². The molecule has 2 aliphatic rings. The molecule has 26 heavy (non-hydrogen) atoms. The lowest BCUT2D eigenvalue weighted by Crippen LogP contribution is -2.42. The van der Waals surface area contributed by atoms with Gasteiger partial charge in [-0.15, -0.1) is 0 Å². The molecule has 2 N–H and O–H groups in total. The third kappa shape index (κ3) is 3.62. The topological polar surface area (TPSA) is 90.3 Å². The Morgan fingerprint density at radius 2 is 2.00 bits per heavy atom. The number of carbonyl (C=O) groups is 2. The van der Waals surface area contributed by atoms with Crippen LogP contribution >= 0.6 is 0 Å². The van der Waals surface area contributed by atoms with Crippen molar-refractivity contribution in [3.63, 3.8) is 0 Å². The van der Waals surface area contributed by atoms with Crippen LogP contribution in [0.3, 0.4) is 0 Å². The number of hydrogen-bond acceptors (Lipinski definition) is 5. The first-order valence-corrected chi connectivity index (χ1v) is 8.92. The average Bonchev–Trinajstić information content (AvgIpc) is 2.99. The lowest BCUT2D eigenvalue weighted by atomic mass is 9.76. The number of aliphatic carboxylic acids is 1. The van der Waals surface area contributed by atoms with Gasteiger partial charge in [0.15, 0.2) is 11.5 Å². The van der Waals surface area contributed by atoms with Gasteiger partial charge in [-0.2, -0.15) is 0 Å². The largest absolute Gasteiger partial charge is 0.504 e. The maximum absolute atomic E-state index is 11.8. The smallest absolute Gasteiger partial charge is 0.326 e. The molecule has 1 aromatic rings. The van der Waals surface area contributed by atoms with Crippen molar-refractivity contribution >= 4 is 11.9 Å². The fourth-order valence-electron chi connectivity index (χ4n) is 4.23. The second-order valence-electron chi connectivity index (χ2n) is 7.49. The van der Waals surface area contributed by atoms with E-state index in [-0.39, 0.29) is 17.1 Å². The van der Waals surface area contributed by atoms with Crippen LogP contribution in [0.4, 0.5) is 0 Å². The molecule has 2 fully saturated rings. The highest BCUT2D eigenvalue weighted by atomic mass is 16.5. The normalized spacial score (nSPS) is 22.5. The summed E-state index contributed by atoms with van der Waals surface area (Å²) in [6.07, 6.45) is 2.31. The molecule has 142 valence electrons. The number of rotatable bonds is 4. The van der Waals surface area contributed by atoms with Crippen LogP contribution in [-0.2, 0) is 16.1 Å². The number of amides is 1. The third-order valence-electron chi connectivity index (χ3n) is 5.76. The number of ether oxygens (including phenoxy) is 1. The standard InChI is InChI=1S/C19H26N2O5/c1-13(22)21-12-19(10-15(21)18(24)25)5-7-20(8-6-19)11-14-3-4-16(23)17(9-14)26-2/h3-4,9,15,23H,5-8,10-12H2,1-2H3,(H,24,25). The Labute approximate surface area is 153 Å². The summed E-state index contributed by atoms with van der Waals surface area (Å²) >= 11 is 0. The number of methoxy groups -OCH3 is 1. The van der Waals surface area contributed by atoms with Crippen molar-refractivity contribution < 1.29 is 24.5 Å². The molecule has 7 nitrogen and oxygen atoms in total. The first-order chi connectivity index (χ1) is 12.3. The maximum Gasteiger partial charge on any atom is 0.326 e. The van der Waals surface area contributed by atoms with E-state index in [0.29, 0.717) is 18.7 Å². The summed E-state index contributed by atoms with van der Waals surface area (Å²) in [6, 6.07) is 4.67. The molecular formula is C19H26N2O5. The number of phenols is 1. The number of carbonyl (C=O) groups excluding carboxylic acids is 1.